The van der Waals surface area contributed by atoms with Crippen LogP contribution in [-0.2, 0) is 11.5 Å². The molecular weight excluding hydrogens is 390 g/mol. The van der Waals surface area contributed by atoms with E-state index in [-0.39, 0.29) is 11.5 Å². The van der Waals surface area contributed by atoms with Crippen molar-refractivity contribution < 1.29 is 4.79 Å². The van der Waals surface area contributed by atoms with Crippen molar-refractivity contribution >= 4 is 22.4 Å². The van der Waals surface area contributed by atoms with Crippen molar-refractivity contribution in [3.05, 3.63) is 69.6 Å². The molecule has 1 fully saturated rings. The van der Waals surface area contributed by atoms with E-state index in [9.17, 15) is 9.59 Å². The molecule has 0 saturated carbocycles. The lowest BCUT2D eigenvalue weighted by atomic mass is 10.1. The monoisotopic (exact) mass is 419 g/mol. The van der Waals surface area contributed by atoms with Gasteiger partial charge in [0.15, 0.2) is 0 Å². The van der Waals surface area contributed by atoms with Crippen LogP contribution >= 0.6 is 0 Å². The highest BCUT2D eigenvalue weighted by Crippen LogP contribution is 2.19. The average molecular weight is 420 g/mol. The number of nitrogens with one attached hydrogen (secondary N) is 1. The Hall–Kier alpha value is -3.03. The molecule has 3 aromatic rings. The summed E-state index contributed by atoms with van der Waals surface area (Å²) in [5, 5.41) is 9.18. The van der Waals surface area contributed by atoms with E-state index in [4.69, 9.17) is 0 Å². The van der Waals surface area contributed by atoms with Crippen LogP contribution in [0.25, 0.3) is 10.8 Å². The number of amides is 1. The van der Waals surface area contributed by atoms with Gasteiger partial charge in [-0.25, -0.2) is 4.68 Å². The van der Waals surface area contributed by atoms with Crippen molar-refractivity contribution in [3.8, 4) is 0 Å². The van der Waals surface area contributed by atoms with Crippen LogP contribution < -0.4 is 10.9 Å². The zero-order valence-corrected chi connectivity index (χ0v) is 18.4. The maximum absolute atomic E-state index is 12.8. The summed E-state index contributed by atoms with van der Waals surface area (Å²) in [6.07, 6.45) is 0. The second kappa shape index (κ2) is 8.99. The molecule has 1 aliphatic rings. The van der Waals surface area contributed by atoms with E-state index in [1.807, 2.05) is 63.2 Å². The molecule has 1 aromatic heterocycles. The van der Waals surface area contributed by atoms with Gasteiger partial charge in [-0.2, -0.15) is 5.10 Å². The fourth-order valence-corrected chi connectivity index (χ4v) is 4.17. The Balaban J connectivity index is 1.34. The summed E-state index contributed by atoms with van der Waals surface area (Å²) in [6, 6.07) is 13.6. The predicted octanol–water partition coefficient (Wildman–Crippen LogP) is 2.54. The van der Waals surface area contributed by atoms with Gasteiger partial charge in [-0.3, -0.25) is 19.4 Å². The summed E-state index contributed by atoms with van der Waals surface area (Å²) >= 11 is 0. The van der Waals surface area contributed by atoms with Crippen molar-refractivity contribution in [3.63, 3.8) is 0 Å². The number of piperazine rings is 1. The maximum atomic E-state index is 12.8. The Morgan fingerprint density at radius 2 is 1.52 bits per heavy atom. The number of para-hydroxylation sites is 1. The second-order valence-corrected chi connectivity index (χ2v) is 8.29. The summed E-state index contributed by atoms with van der Waals surface area (Å²) in [5.74, 6) is 0.00823. The van der Waals surface area contributed by atoms with Crippen LogP contribution in [0.3, 0.4) is 0 Å². The molecule has 4 rings (SSSR count). The van der Waals surface area contributed by atoms with Crippen LogP contribution in [0.15, 0.2) is 47.3 Å². The van der Waals surface area contributed by atoms with Crippen LogP contribution in [-0.4, -0.2) is 58.2 Å². The number of aromatic nitrogens is 2. The van der Waals surface area contributed by atoms with Crippen LogP contribution in [0, 0.1) is 20.8 Å². The highest BCUT2D eigenvalue weighted by Gasteiger charge is 2.20. The van der Waals surface area contributed by atoms with Crippen LogP contribution in [0.4, 0.5) is 5.69 Å². The maximum Gasteiger partial charge on any atom is 0.275 e. The van der Waals surface area contributed by atoms with E-state index in [0.717, 1.165) is 54.1 Å². The Kier molecular flexibility index (Phi) is 6.15. The van der Waals surface area contributed by atoms with Gasteiger partial charge in [0.1, 0.15) is 0 Å². The highest BCUT2D eigenvalue weighted by atomic mass is 16.2. The summed E-state index contributed by atoms with van der Waals surface area (Å²) < 4.78 is 1.56. The van der Waals surface area contributed by atoms with Crippen LogP contribution in [0.2, 0.25) is 0 Å². The number of fused-ring (bicyclic) bond motifs is 1. The van der Waals surface area contributed by atoms with E-state index in [2.05, 4.69) is 20.2 Å². The van der Waals surface area contributed by atoms with Gasteiger partial charge < -0.3 is 5.32 Å². The van der Waals surface area contributed by atoms with Crippen molar-refractivity contribution in [1.29, 1.82) is 0 Å². The molecule has 7 heteroatoms. The lowest BCUT2D eigenvalue weighted by Gasteiger charge is -2.34. The van der Waals surface area contributed by atoms with Gasteiger partial charge in [-0.1, -0.05) is 36.4 Å². The smallest absolute Gasteiger partial charge is 0.275 e. The van der Waals surface area contributed by atoms with Crippen molar-refractivity contribution in [2.45, 2.75) is 27.4 Å². The minimum atomic E-state index is -0.0587. The molecule has 0 atom stereocenters. The average Bonchev–Trinajstić information content (AvgIpc) is 2.76. The Bertz CT molecular complexity index is 1140. The first-order valence-electron chi connectivity index (χ1n) is 10.7. The van der Waals surface area contributed by atoms with E-state index >= 15 is 0 Å². The molecule has 1 amide bonds. The van der Waals surface area contributed by atoms with Gasteiger partial charge in [-0.05, 0) is 38.0 Å². The molecule has 1 N–H and O–H groups in total. The molecule has 0 unspecified atom stereocenters. The van der Waals surface area contributed by atoms with Gasteiger partial charge in [-0.15, -0.1) is 0 Å². The van der Waals surface area contributed by atoms with Crippen molar-refractivity contribution in [2.75, 3.05) is 38.0 Å². The van der Waals surface area contributed by atoms with Gasteiger partial charge in [0.2, 0.25) is 5.91 Å². The largest absolute Gasteiger partial charge is 0.324 e. The third-order valence-electron chi connectivity index (χ3n) is 5.96. The van der Waals surface area contributed by atoms with Crippen molar-refractivity contribution in [1.82, 2.24) is 19.6 Å². The fraction of sp³-hybridized carbons (Fsp3) is 0.375. The van der Waals surface area contributed by atoms with E-state index in [1.165, 1.54) is 0 Å². The molecule has 31 heavy (non-hydrogen) atoms. The third-order valence-corrected chi connectivity index (χ3v) is 5.96. The number of anilines is 1. The molecule has 2 heterocycles. The first kappa shape index (κ1) is 21.2. The summed E-state index contributed by atoms with van der Waals surface area (Å²) in [7, 11) is 0. The number of benzene rings is 2. The molecule has 2 aromatic carbocycles. The summed E-state index contributed by atoms with van der Waals surface area (Å²) in [4.78, 5) is 29.7. The second-order valence-electron chi connectivity index (χ2n) is 8.29. The van der Waals surface area contributed by atoms with E-state index < -0.39 is 0 Å². The molecule has 1 saturated heterocycles. The minimum absolute atomic E-state index is 0.00823. The quantitative estimate of drug-likeness (QED) is 0.688. The van der Waals surface area contributed by atoms with Crippen molar-refractivity contribution in [2.24, 2.45) is 0 Å². The zero-order valence-electron chi connectivity index (χ0n) is 18.4. The van der Waals surface area contributed by atoms with Gasteiger partial charge in [0, 0.05) is 37.3 Å². The molecular formula is C24H29N5O2. The Labute approximate surface area is 182 Å². The molecule has 1 aliphatic heterocycles. The number of rotatable bonds is 5. The van der Waals surface area contributed by atoms with Gasteiger partial charge in [0.25, 0.3) is 5.56 Å². The summed E-state index contributed by atoms with van der Waals surface area (Å²) in [5.41, 5.74) is 3.85. The van der Waals surface area contributed by atoms with Gasteiger partial charge in [0.05, 0.1) is 24.3 Å². The number of aryl methyl sites for hydroxylation is 3. The molecule has 0 bridgehead atoms. The third kappa shape index (κ3) is 4.68. The molecule has 7 nitrogen and oxygen atoms in total. The molecule has 0 radical (unpaired) electrons. The van der Waals surface area contributed by atoms with Crippen LogP contribution in [0.5, 0.6) is 0 Å². The lowest BCUT2D eigenvalue weighted by molar-refractivity contribution is -0.117. The number of carbonyl (C=O) groups excluding carboxylic acids is 1. The molecule has 162 valence electrons. The Morgan fingerprint density at radius 1 is 0.903 bits per heavy atom. The SMILES string of the molecule is Cc1cccc(C)c1NC(=O)CN1CCN(Cn2nc(C)c3ccccc3c2=O)CC1. The highest BCUT2D eigenvalue weighted by molar-refractivity contribution is 5.93. The number of hydrogen-bond donors (Lipinski definition) is 1. The normalized spacial score (nSPS) is 15.3. The molecule has 0 aliphatic carbocycles. The standard InChI is InChI=1S/C24H29N5O2/c1-17-7-6-8-18(2)23(17)25-22(30)15-27-11-13-28(14-12-27)16-29-24(31)21-10-5-4-9-20(21)19(3)26-29/h4-10H,11-16H2,1-3H3,(H,25,30). The minimum Gasteiger partial charge on any atom is -0.324 e. The number of carbonyl (C=O) groups is 1. The van der Waals surface area contributed by atoms with E-state index in [1.54, 1.807) is 4.68 Å². The molecule has 0 spiro atoms. The fourth-order valence-electron chi connectivity index (χ4n) is 4.17. The first-order chi connectivity index (χ1) is 14.9. The predicted molar refractivity (Wildman–Crippen MR) is 123 cm³/mol. The number of nitrogens with zero attached hydrogens (tertiary/aromatic N) is 4. The van der Waals surface area contributed by atoms with E-state index in [0.29, 0.717) is 18.6 Å². The number of hydrogen-bond acceptors (Lipinski definition) is 5. The zero-order chi connectivity index (χ0) is 22.0. The van der Waals surface area contributed by atoms with Crippen LogP contribution in [0.1, 0.15) is 16.8 Å². The topological polar surface area (TPSA) is 70.5 Å². The summed E-state index contributed by atoms with van der Waals surface area (Å²) in [6.45, 7) is 9.92. The lowest BCUT2D eigenvalue weighted by Crippen LogP contribution is -2.49. The van der Waals surface area contributed by atoms with Gasteiger partial charge >= 0.3 is 0 Å². The Morgan fingerprint density at radius 3 is 2.19 bits per heavy atom. The first-order valence-corrected chi connectivity index (χ1v) is 10.7.